The maximum atomic E-state index is 13.4. The third-order valence-electron chi connectivity index (χ3n) is 7.05. The standard InChI is InChI=1S/C24H20F4N4O4/c25-14-1-4-19-16(5-14)18(33)6-20(35-19)21(34)31-22-10-23(11-22,12-22)32-9-13(7-30-32)17-3-2-15(8-29-17)36-24(26,27)28/h1-5,7-9,18,20,33H,6,10-12H2,(H,31,34). The summed E-state index contributed by atoms with van der Waals surface area (Å²) in [7, 11) is 0. The SMILES string of the molecule is O=C(NC12CC(n3cc(-c4ccc(OC(F)(F)F)cn4)cn3)(C1)C2)C1CC(O)c2cc(F)ccc2O1. The first kappa shape index (κ1) is 22.8. The van der Waals surface area contributed by atoms with Gasteiger partial charge in [0.25, 0.3) is 5.91 Å². The van der Waals surface area contributed by atoms with Crippen molar-refractivity contribution in [2.45, 2.75) is 55.3 Å². The van der Waals surface area contributed by atoms with Crippen LogP contribution in [0.5, 0.6) is 11.5 Å². The third kappa shape index (κ3) is 3.85. The van der Waals surface area contributed by atoms with Crippen LogP contribution in [-0.4, -0.2) is 43.8 Å². The van der Waals surface area contributed by atoms with Crippen LogP contribution in [0.25, 0.3) is 11.3 Å². The minimum absolute atomic E-state index is 0.0336. The van der Waals surface area contributed by atoms with Crippen molar-refractivity contribution in [2.24, 2.45) is 0 Å². The number of aromatic nitrogens is 3. The molecule has 2 unspecified atom stereocenters. The van der Waals surface area contributed by atoms with E-state index in [4.69, 9.17) is 4.74 Å². The molecule has 188 valence electrons. The summed E-state index contributed by atoms with van der Waals surface area (Å²) < 4.78 is 61.8. The van der Waals surface area contributed by atoms with Crippen molar-refractivity contribution in [2.75, 3.05) is 0 Å². The van der Waals surface area contributed by atoms with Gasteiger partial charge in [-0.15, -0.1) is 13.2 Å². The Morgan fingerprint density at radius 3 is 2.67 bits per heavy atom. The van der Waals surface area contributed by atoms with Gasteiger partial charge in [-0.3, -0.25) is 14.5 Å². The molecular formula is C24H20F4N4O4. The van der Waals surface area contributed by atoms with Crippen LogP contribution in [0.1, 0.15) is 37.4 Å². The number of alkyl halides is 3. The van der Waals surface area contributed by atoms with E-state index in [9.17, 15) is 27.5 Å². The van der Waals surface area contributed by atoms with Gasteiger partial charge in [0, 0.05) is 29.3 Å². The summed E-state index contributed by atoms with van der Waals surface area (Å²) in [5.41, 5.74) is 0.807. The number of ether oxygens (including phenoxy) is 2. The predicted molar refractivity (Wildman–Crippen MR) is 115 cm³/mol. The van der Waals surface area contributed by atoms with Gasteiger partial charge in [-0.1, -0.05) is 0 Å². The maximum absolute atomic E-state index is 13.4. The smallest absolute Gasteiger partial charge is 0.480 e. The number of halogens is 4. The number of aliphatic hydroxyl groups is 1. The van der Waals surface area contributed by atoms with Gasteiger partial charge in [0.15, 0.2) is 6.10 Å². The summed E-state index contributed by atoms with van der Waals surface area (Å²) in [5, 5.41) is 17.8. The lowest BCUT2D eigenvalue weighted by Crippen LogP contribution is -2.79. The lowest BCUT2D eigenvalue weighted by atomic mass is 9.44. The van der Waals surface area contributed by atoms with Crippen LogP contribution in [0.15, 0.2) is 48.9 Å². The monoisotopic (exact) mass is 504 g/mol. The van der Waals surface area contributed by atoms with E-state index in [1.165, 1.54) is 30.3 Å². The van der Waals surface area contributed by atoms with Crippen molar-refractivity contribution in [3.05, 3.63) is 60.3 Å². The van der Waals surface area contributed by atoms with Crippen LogP contribution in [-0.2, 0) is 10.3 Å². The fraction of sp³-hybridized carbons (Fsp3) is 0.375. The Bertz CT molecular complexity index is 1320. The van der Waals surface area contributed by atoms with Gasteiger partial charge in [-0.2, -0.15) is 5.10 Å². The van der Waals surface area contributed by atoms with E-state index in [2.05, 4.69) is 20.1 Å². The summed E-state index contributed by atoms with van der Waals surface area (Å²) >= 11 is 0. The van der Waals surface area contributed by atoms with E-state index in [0.29, 0.717) is 41.8 Å². The van der Waals surface area contributed by atoms with Crippen LogP contribution in [0.2, 0.25) is 0 Å². The molecule has 3 heterocycles. The van der Waals surface area contributed by atoms with Crippen molar-refractivity contribution in [3.63, 3.8) is 0 Å². The highest BCUT2D eigenvalue weighted by Gasteiger charge is 2.70. The number of amides is 1. The molecule has 3 saturated carbocycles. The summed E-state index contributed by atoms with van der Waals surface area (Å²) in [6.45, 7) is 0. The topological polar surface area (TPSA) is 98.5 Å². The van der Waals surface area contributed by atoms with E-state index in [1.54, 1.807) is 12.4 Å². The number of benzene rings is 1. The second-order valence-electron chi connectivity index (χ2n) is 9.66. The number of carbonyl (C=O) groups excluding carboxylic acids is 1. The number of hydrogen-bond acceptors (Lipinski definition) is 6. The average Bonchev–Trinajstić information content (AvgIpc) is 3.24. The molecule has 3 aromatic rings. The maximum Gasteiger partial charge on any atom is 0.573 e. The zero-order valence-corrected chi connectivity index (χ0v) is 18.6. The zero-order chi connectivity index (χ0) is 25.3. The molecule has 2 N–H and O–H groups in total. The lowest BCUT2D eigenvalue weighted by Gasteiger charge is -2.70. The molecule has 1 aliphatic heterocycles. The first-order chi connectivity index (χ1) is 17.0. The summed E-state index contributed by atoms with van der Waals surface area (Å²) in [6.07, 6.45) is -0.252. The third-order valence-corrected chi connectivity index (χ3v) is 7.05. The molecule has 4 aliphatic rings. The normalized spacial score (nSPS) is 28.2. The molecular weight excluding hydrogens is 484 g/mol. The predicted octanol–water partition coefficient (Wildman–Crippen LogP) is 3.62. The molecule has 2 aromatic heterocycles. The summed E-state index contributed by atoms with van der Waals surface area (Å²) in [5.74, 6) is -0.923. The molecule has 2 bridgehead atoms. The van der Waals surface area contributed by atoms with Crippen molar-refractivity contribution in [3.8, 4) is 22.8 Å². The summed E-state index contributed by atoms with van der Waals surface area (Å²) in [4.78, 5) is 16.9. The van der Waals surface area contributed by atoms with Gasteiger partial charge >= 0.3 is 6.36 Å². The Labute approximate surface area is 201 Å². The molecule has 7 rings (SSSR count). The van der Waals surface area contributed by atoms with Crippen molar-refractivity contribution >= 4 is 5.91 Å². The van der Waals surface area contributed by atoms with Crippen molar-refractivity contribution in [1.29, 1.82) is 0 Å². The number of carbonyl (C=O) groups is 1. The van der Waals surface area contributed by atoms with E-state index in [-0.39, 0.29) is 23.4 Å². The Balaban J connectivity index is 1.07. The number of aliphatic hydroxyl groups excluding tert-OH is 1. The van der Waals surface area contributed by atoms with Gasteiger partial charge in [-0.25, -0.2) is 4.39 Å². The van der Waals surface area contributed by atoms with E-state index < -0.39 is 30.1 Å². The number of nitrogens with zero attached hydrogens (tertiary/aromatic N) is 3. The van der Waals surface area contributed by atoms with Gasteiger partial charge in [0.2, 0.25) is 0 Å². The van der Waals surface area contributed by atoms with E-state index >= 15 is 0 Å². The van der Waals surface area contributed by atoms with Gasteiger partial charge < -0.3 is 19.9 Å². The number of hydrogen-bond donors (Lipinski definition) is 2. The molecule has 3 aliphatic carbocycles. The molecule has 1 amide bonds. The van der Waals surface area contributed by atoms with Crippen LogP contribution < -0.4 is 14.8 Å². The summed E-state index contributed by atoms with van der Waals surface area (Å²) in [6, 6.07) is 6.45. The molecule has 8 nitrogen and oxygen atoms in total. The Hall–Kier alpha value is -3.67. The van der Waals surface area contributed by atoms with E-state index in [1.807, 2.05) is 4.68 Å². The van der Waals surface area contributed by atoms with Gasteiger partial charge in [0.05, 0.1) is 29.7 Å². The molecule has 1 aromatic carbocycles. The Kier molecular flexibility index (Phi) is 4.85. The molecule has 0 saturated heterocycles. The lowest BCUT2D eigenvalue weighted by molar-refractivity contribution is -0.274. The first-order valence-corrected chi connectivity index (χ1v) is 11.3. The largest absolute Gasteiger partial charge is 0.573 e. The Morgan fingerprint density at radius 2 is 1.97 bits per heavy atom. The molecule has 12 heteroatoms. The second kappa shape index (κ2) is 7.66. The van der Waals surface area contributed by atoms with Crippen molar-refractivity contribution < 1.29 is 36.9 Å². The van der Waals surface area contributed by atoms with E-state index in [0.717, 1.165) is 6.20 Å². The highest BCUT2D eigenvalue weighted by molar-refractivity contribution is 5.83. The quantitative estimate of drug-likeness (QED) is 0.516. The highest BCUT2D eigenvalue weighted by atomic mass is 19.4. The number of nitrogens with one attached hydrogen (secondary N) is 1. The minimum Gasteiger partial charge on any atom is -0.480 e. The average molecular weight is 504 g/mol. The molecule has 0 radical (unpaired) electrons. The van der Waals surface area contributed by atoms with Crippen LogP contribution in [0, 0.1) is 5.82 Å². The minimum atomic E-state index is -4.78. The highest BCUT2D eigenvalue weighted by Crippen LogP contribution is 2.65. The van der Waals surface area contributed by atoms with Crippen LogP contribution in [0.4, 0.5) is 17.6 Å². The number of rotatable bonds is 5. The molecule has 36 heavy (non-hydrogen) atoms. The van der Waals surface area contributed by atoms with Crippen molar-refractivity contribution in [1.82, 2.24) is 20.1 Å². The molecule has 3 fully saturated rings. The molecule has 0 spiro atoms. The van der Waals surface area contributed by atoms with Crippen LogP contribution >= 0.6 is 0 Å². The fourth-order valence-electron chi connectivity index (χ4n) is 5.49. The number of fused-ring (bicyclic) bond motifs is 1. The first-order valence-electron chi connectivity index (χ1n) is 11.3. The zero-order valence-electron chi connectivity index (χ0n) is 18.6. The van der Waals surface area contributed by atoms with Gasteiger partial charge in [-0.05, 0) is 49.6 Å². The van der Waals surface area contributed by atoms with Crippen LogP contribution in [0.3, 0.4) is 0 Å². The molecule has 2 atom stereocenters. The van der Waals surface area contributed by atoms with Gasteiger partial charge in [0.1, 0.15) is 17.3 Å². The second-order valence-corrected chi connectivity index (χ2v) is 9.66. The Morgan fingerprint density at radius 1 is 1.19 bits per heavy atom. The fourth-order valence-corrected chi connectivity index (χ4v) is 5.49. The number of pyridine rings is 1.